The first-order chi connectivity index (χ1) is 6.66. The molecule has 14 heavy (non-hydrogen) atoms. The van der Waals surface area contributed by atoms with Crippen molar-refractivity contribution in [3.05, 3.63) is 0 Å². The van der Waals surface area contributed by atoms with E-state index in [4.69, 9.17) is 4.84 Å². The Morgan fingerprint density at radius 1 is 1.57 bits per heavy atom. The van der Waals surface area contributed by atoms with Crippen molar-refractivity contribution in [1.82, 2.24) is 10.8 Å². The number of hydrogen-bond donors (Lipinski definition) is 2. The third kappa shape index (κ3) is 1.85. The van der Waals surface area contributed by atoms with Crippen molar-refractivity contribution in [1.29, 1.82) is 0 Å². The van der Waals surface area contributed by atoms with Crippen LogP contribution < -0.4 is 10.8 Å². The fourth-order valence-electron chi connectivity index (χ4n) is 1.26. The predicted molar refractivity (Wildman–Crippen MR) is 55.0 cm³/mol. The second kappa shape index (κ2) is 3.78. The monoisotopic (exact) mass is 215 g/mol. The van der Waals surface area contributed by atoms with E-state index in [-0.39, 0.29) is 11.9 Å². The van der Waals surface area contributed by atoms with Crippen LogP contribution in [0.5, 0.6) is 0 Å². The molecule has 2 saturated heterocycles. The lowest BCUT2D eigenvalue weighted by molar-refractivity contribution is -0.124. The zero-order chi connectivity index (χ0) is 10.1. The minimum Gasteiger partial charge on any atom is -0.361 e. The summed E-state index contributed by atoms with van der Waals surface area (Å²) < 4.78 is 0. The number of thioether (sulfide) groups is 1. The molecule has 1 amide bonds. The molecule has 2 N–H and O–H groups in total. The Bertz CT molecular complexity index is 270. The van der Waals surface area contributed by atoms with E-state index >= 15 is 0 Å². The summed E-state index contributed by atoms with van der Waals surface area (Å²) in [4.78, 5) is 20.2. The quantitative estimate of drug-likeness (QED) is 0.640. The highest BCUT2D eigenvalue weighted by Crippen LogP contribution is 2.23. The van der Waals surface area contributed by atoms with Crippen molar-refractivity contribution < 1.29 is 9.63 Å². The molecule has 0 spiro atoms. The van der Waals surface area contributed by atoms with Gasteiger partial charge < -0.3 is 5.32 Å². The molecule has 5 nitrogen and oxygen atoms in total. The SMILES string of the molecule is CC1NC(=NC2CONC2=O)SC1C. The number of aliphatic imine (C=N–C) groups is 1. The highest BCUT2D eigenvalue weighted by atomic mass is 32.2. The van der Waals surface area contributed by atoms with E-state index < -0.39 is 0 Å². The predicted octanol–water partition coefficient (Wildman–Crippen LogP) is -0.114. The maximum Gasteiger partial charge on any atom is 0.270 e. The molecule has 0 saturated carbocycles. The van der Waals surface area contributed by atoms with Crippen molar-refractivity contribution in [2.24, 2.45) is 4.99 Å². The summed E-state index contributed by atoms with van der Waals surface area (Å²) in [5.41, 5.74) is 2.28. The molecule has 0 aliphatic carbocycles. The summed E-state index contributed by atoms with van der Waals surface area (Å²) in [7, 11) is 0. The van der Waals surface area contributed by atoms with E-state index in [1.165, 1.54) is 0 Å². The Hall–Kier alpha value is -0.750. The van der Waals surface area contributed by atoms with E-state index in [1.807, 2.05) is 0 Å². The maximum absolute atomic E-state index is 11.1. The molecule has 0 aromatic carbocycles. The molecule has 6 heteroatoms. The van der Waals surface area contributed by atoms with Crippen LogP contribution in [0.1, 0.15) is 13.8 Å². The molecule has 2 rings (SSSR count). The Morgan fingerprint density at radius 2 is 2.36 bits per heavy atom. The zero-order valence-electron chi connectivity index (χ0n) is 8.11. The van der Waals surface area contributed by atoms with Crippen LogP contribution in [0.25, 0.3) is 0 Å². The lowest BCUT2D eigenvalue weighted by Crippen LogP contribution is -2.29. The molecule has 2 aliphatic rings. The van der Waals surface area contributed by atoms with Gasteiger partial charge in [0.25, 0.3) is 5.91 Å². The van der Waals surface area contributed by atoms with Gasteiger partial charge in [-0.1, -0.05) is 18.7 Å². The summed E-state index contributed by atoms with van der Waals surface area (Å²) in [5.74, 6) is -0.160. The molecule has 2 heterocycles. The van der Waals surface area contributed by atoms with Crippen LogP contribution in [0.15, 0.2) is 4.99 Å². The molecule has 0 radical (unpaired) electrons. The maximum atomic E-state index is 11.1. The fourth-order valence-corrected chi connectivity index (χ4v) is 2.33. The van der Waals surface area contributed by atoms with Gasteiger partial charge in [0.1, 0.15) is 6.61 Å². The van der Waals surface area contributed by atoms with Gasteiger partial charge in [0.05, 0.1) is 0 Å². The number of rotatable bonds is 1. The van der Waals surface area contributed by atoms with Gasteiger partial charge in [-0.05, 0) is 6.92 Å². The largest absolute Gasteiger partial charge is 0.361 e. The van der Waals surface area contributed by atoms with Crippen LogP contribution in [0.3, 0.4) is 0 Å². The molecule has 78 valence electrons. The lowest BCUT2D eigenvalue weighted by Gasteiger charge is -2.04. The summed E-state index contributed by atoms with van der Waals surface area (Å²) in [6, 6.07) is 0.0200. The lowest BCUT2D eigenvalue weighted by atomic mass is 10.3. The van der Waals surface area contributed by atoms with E-state index in [0.29, 0.717) is 17.9 Å². The zero-order valence-corrected chi connectivity index (χ0v) is 8.93. The molecule has 0 aromatic heterocycles. The highest BCUT2D eigenvalue weighted by molar-refractivity contribution is 8.14. The summed E-state index contributed by atoms with van der Waals surface area (Å²) >= 11 is 1.67. The average Bonchev–Trinajstić information content (AvgIpc) is 2.63. The van der Waals surface area contributed by atoms with Gasteiger partial charge in [-0.15, -0.1) is 0 Å². The van der Waals surface area contributed by atoms with Crippen LogP contribution in [-0.2, 0) is 9.63 Å². The van der Waals surface area contributed by atoms with Crippen LogP contribution in [0, 0.1) is 0 Å². The van der Waals surface area contributed by atoms with Crippen LogP contribution >= 0.6 is 11.8 Å². The molecule has 2 aliphatic heterocycles. The first-order valence-electron chi connectivity index (χ1n) is 4.59. The third-order valence-electron chi connectivity index (χ3n) is 2.34. The second-order valence-corrected chi connectivity index (χ2v) is 4.85. The molecule has 3 atom stereocenters. The van der Waals surface area contributed by atoms with Gasteiger partial charge in [0.2, 0.25) is 0 Å². The number of nitrogens with one attached hydrogen (secondary N) is 2. The molecule has 0 aromatic rings. The van der Waals surface area contributed by atoms with Gasteiger partial charge in [-0.2, -0.15) is 0 Å². The molecule has 3 unspecified atom stereocenters. The number of carbonyl (C=O) groups excluding carboxylic acids is 1. The second-order valence-electron chi connectivity index (χ2n) is 3.48. The molecule has 2 fully saturated rings. The van der Waals surface area contributed by atoms with Gasteiger partial charge in [0.15, 0.2) is 11.2 Å². The topological polar surface area (TPSA) is 62.7 Å². The standard InChI is InChI=1S/C8H13N3O2S/c1-4-5(2)14-8(9-4)10-6-3-13-11-7(6)12/h4-6H,3H2,1-2H3,(H,9,10)(H,11,12). The van der Waals surface area contributed by atoms with Crippen molar-refractivity contribution in [2.45, 2.75) is 31.2 Å². The van der Waals surface area contributed by atoms with Crippen LogP contribution in [0.4, 0.5) is 0 Å². The number of amidine groups is 1. The van der Waals surface area contributed by atoms with Crippen LogP contribution in [0.2, 0.25) is 0 Å². The Labute approximate surface area is 86.6 Å². The van der Waals surface area contributed by atoms with E-state index in [9.17, 15) is 4.79 Å². The van der Waals surface area contributed by atoms with Gasteiger partial charge in [-0.3, -0.25) is 9.63 Å². The molecule has 0 bridgehead atoms. The van der Waals surface area contributed by atoms with Crippen molar-refractivity contribution in [3.63, 3.8) is 0 Å². The Kier molecular flexibility index (Phi) is 2.64. The smallest absolute Gasteiger partial charge is 0.270 e. The van der Waals surface area contributed by atoms with Gasteiger partial charge >= 0.3 is 0 Å². The summed E-state index contributed by atoms with van der Waals surface area (Å²) in [6.45, 7) is 4.56. The number of amides is 1. The number of carbonyl (C=O) groups is 1. The first kappa shape index (κ1) is 9.79. The van der Waals surface area contributed by atoms with E-state index in [0.717, 1.165) is 5.17 Å². The summed E-state index contributed by atoms with van der Waals surface area (Å²) in [6.07, 6.45) is 0. The van der Waals surface area contributed by atoms with Crippen molar-refractivity contribution in [3.8, 4) is 0 Å². The van der Waals surface area contributed by atoms with Crippen molar-refractivity contribution >= 4 is 22.8 Å². The highest BCUT2D eigenvalue weighted by Gasteiger charge is 2.29. The van der Waals surface area contributed by atoms with Crippen molar-refractivity contribution in [2.75, 3.05) is 6.61 Å². The van der Waals surface area contributed by atoms with Gasteiger partial charge in [-0.25, -0.2) is 10.5 Å². The van der Waals surface area contributed by atoms with Crippen LogP contribution in [-0.4, -0.2) is 35.0 Å². The fraction of sp³-hybridized carbons (Fsp3) is 0.750. The average molecular weight is 215 g/mol. The minimum absolute atomic E-state index is 0.160. The normalized spacial score (nSPS) is 40.0. The summed E-state index contributed by atoms with van der Waals surface area (Å²) in [5, 5.41) is 4.57. The van der Waals surface area contributed by atoms with Gasteiger partial charge in [0, 0.05) is 11.3 Å². The molecular weight excluding hydrogens is 202 g/mol. The van der Waals surface area contributed by atoms with E-state index in [1.54, 1.807) is 11.8 Å². The third-order valence-corrected chi connectivity index (χ3v) is 3.57. The van der Waals surface area contributed by atoms with E-state index in [2.05, 4.69) is 29.6 Å². The Balaban J connectivity index is 2.01. The number of nitrogens with zero attached hydrogens (tertiary/aromatic N) is 1. The first-order valence-corrected chi connectivity index (χ1v) is 5.47. The molecular formula is C8H13N3O2S. The Morgan fingerprint density at radius 3 is 2.86 bits per heavy atom. The minimum atomic E-state index is -0.387. The number of hydroxylamine groups is 1. The number of hydrogen-bond acceptors (Lipinski definition) is 4.